The summed E-state index contributed by atoms with van der Waals surface area (Å²) in [5, 5.41) is 0. The van der Waals surface area contributed by atoms with Crippen LogP contribution >= 0.6 is 0 Å². The van der Waals surface area contributed by atoms with Gasteiger partial charge in [0.05, 0.1) is 6.61 Å². The number of nitrogen functional groups attached to an aromatic ring is 1. The normalized spacial score (nSPS) is 20.4. The summed E-state index contributed by atoms with van der Waals surface area (Å²) in [6.45, 7) is 3.03. The van der Waals surface area contributed by atoms with Crippen molar-refractivity contribution in [3.8, 4) is 5.75 Å². The molecule has 88 valence electrons. The molecule has 2 N–H and O–H groups in total. The summed E-state index contributed by atoms with van der Waals surface area (Å²) in [4.78, 5) is 0. The third-order valence-electron chi connectivity index (χ3n) is 2.78. The van der Waals surface area contributed by atoms with Crippen LogP contribution in [0.1, 0.15) is 26.2 Å². The smallest absolute Gasteiger partial charge is 0.127 e. The number of rotatable bonds is 6. The number of hydrogen-bond acceptors (Lipinski definition) is 3. The van der Waals surface area contributed by atoms with E-state index in [2.05, 4.69) is 6.92 Å². The van der Waals surface area contributed by atoms with Crippen molar-refractivity contribution in [1.82, 2.24) is 0 Å². The standard InChI is InChI=1S/C13H19NO2/c1-2-3-4-12(13-9-15-13)16-11-7-5-10(14)6-8-11/h5-8,12-13H,2-4,9,14H2,1H3. The number of ether oxygens (including phenoxy) is 2. The summed E-state index contributed by atoms with van der Waals surface area (Å²) in [5.41, 5.74) is 6.39. The number of benzene rings is 1. The average molecular weight is 221 g/mol. The fourth-order valence-corrected chi connectivity index (χ4v) is 1.72. The number of epoxide rings is 1. The van der Waals surface area contributed by atoms with Gasteiger partial charge in [-0.3, -0.25) is 0 Å². The first-order valence-corrected chi connectivity index (χ1v) is 5.93. The van der Waals surface area contributed by atoms with E-state index in [4.69, 9.17) is 15.2 Å². The van der Waals surface area contributed by atoms with Crippen molar-refractivity contribution in [3.63, 3.8) is 0 Å². The van der Waals surface area contributed by atoms with Crippen molar-refractivity contribution in [2.24, 2.45) is 0 Å². The zero-order chi connectivity index (χ0) is 11.4. The van der Waals surface area contributed by atoms with Gasteiger partial charge in [-0.05, 0) is 37.1 Å². The van der Waals surface area contributed by atoms with Gasteiger partial charge in [0, 0.05) is 5.69 Å². The predicted molar refractivity (Wildman–Crippen MR) is 64.5 cm³/mol. The summed E-state index contributed by atoms with van der Waals surface area (Å²) in [7, 11) is 0. The van der Waals surface area contributed by atoms with Crippen LogP contribution in [0, 0.1) is 0 Å². The molecule has 2 unspecified atom stereocenters. The molecule has 0 spiro atoms. The molecule has 1 saturated heterocycles. The van der Waals surface area contributed by atoms with Gasteiger partial charge in [-0.2, -0.15) is 0 Å². The Hall–Kier alpha value is -1.22. The molecule has 0 aromatic heterocycles. The molecule has 3 nitrogen and oxygen atoms in total. The SMILES string of the molecule is CCCCC(Oc1ccc(N)cc1)C1CO1. The van der Waals surface area contributed by atoms with E-state index in [-0.39, 0.29) is 6.10 Å². The molecule has 1 heterocycles. The molecule has 1 aliphatic rings. The molecule has 2 rings (SSSR count). The Labute approximate surface area is 96.5 Å². The van der Waals surface area contributed by atoms with Crippen LogP contribution in [-0.2, 0) is 4.74 Å². The lowest BCUT2D eigenvalue weighted by Gasteiger charge is -2.16. The van der Waals surface area contributed by atoms with Crippen LogP contribution in [0.25, 0.3) is 0 Å². The maximum atomic E-state index is 5.91. The highest BCUT2D eigenvalue weighted by Crippen LogP contribution is 2.24. The second-order valence-electron chi connectivity index (χ2n) is 4.24. The third-order valence-corrected chi connectivity index (χ3v) is 2.78. The highest BCUT2D eigenvalue weighted by molar-refractivity contribution is 5.41. The lowest BCUT2D eigenvalue weighted by atomic mass is 10.1. The molecule has 3 heteroatoms. The highest BCUT2D eigenvalue weighted by Gasteiger charge is 2.33. The van der Waals surface area contributed by atoms with Crippen LogP contribution in [-0.4, -0.2) is 18.8 Å². The predicted octanol–water partition coefficient (Wildman–Crippen LogP) is 2.61. The zero-order valence-corrected chi connectivity index (χ0v) is 9.69. The number of nitrogens with two attached hydrogens (primary N) is 1. The Morgan fingerprint density at radius 1 is 1.44 bits per heavy atom. The van der Waals surface area contributed by atoms with Crippen molar-refractivity contribution < 1.29 is 9.47 Å². The minimum absolute atomic E-state index is 0.198. The van der Waals surface area contributed by atoms with Gasteiger partial charge in [0.2, 0.25) is 0 Å². The van der Waals surface area contributed by atoms with Gasteiger partial charge in [-0.1, -0.05) is 13.3 Å². The van der Waals surface area contributed by atoms with Crippen molar-refractivity contribution in [1.29, 1.82) is 0 Å². The van der Waals surface area contributed by atoms with E-state index >= 15 is 0 Å². The second kappa shape index (κ2) is 5.21. The van der Waals surface area contributed by atoms with Gasteiger partial charge < -0.3 is 15.2 Å². The Morgan fingerprint density at radius 2 is 2.12 bits per heavy atom. The quantitative estimate of drug-likeness (QED) is 0.593. The van der Waals surface area contributed by atoms with E-state index in [1.807, 2.05) is 24.3 Å². The largest absolute Gasteiger partial charge is 0.488 e. The van der Waals surface area contributed by atoms with Crippen LogP contribution < -0.4 is 10.5 Å². The van der Waals surface area contributed by atoms with Crippen molar-refractivity contribution in [2.45, 2.75) is 38.4 Å². The lowest BCUT2D eigenvalue weighted by Crippen LogP contribution is -2.23. The summed E-state index contributed by atoms with van der Waals surface area (Å²) in [6.07, 6.45) is 3.92. The fraction of sp³-hybridized carbons (Fsp3) is 0.538. The van der Waals surface area contributed by atoms with E-state index in [1.54, 1.807) is 0 Å². The molecule has 1 aliphatic heterocycles. The number of anilines is 1. The van der Waals surface area contributed by atoms with E-state index in [9.17, 15) is 0 Å². The van der Waals surface area contributed by atoms with E-state index < -0.39 is 0 Å². The Kier molecular flexibility index (Phi) is 3.67. The maximum Gasteiger partial charge on any atom is 0.127 e. The summed E-state index contributed by atoms with van der Waals surface area (Å²) in [5.74, 6) is 0.880. The third kappa shape index (κ3) is 3.14. The zero-order valence-electron chi connectivity index (χ0n) is 9.69. The Morgan fingerprint density at radius 3 is 2.69 bits per heavy atom. The topological polar surface area (TPSA) is 47.8 Å². The monoisotopic (exact) mass is 221 g/mol. The average Bonchev–Trinajstić information content (AvgIpc) is 3.11. The fourth-order valence-electron chi connectivity index (χ4n) is 1.72. The van der Waals surface area contributed by atoms with Gasteiger partial charge in [-0.25, -0.2) is 0 Å². The van der Waals surface area contributed by atoms with Crippen LogP contribution in [0.2, 0.25) is 0 Å². The highest BCUT2D eigenvalue weighted by atomic mass is 16.6. The maximum absolute atomic E-state index is 5.91. The number of unbranched alkanes of at least 4 members (excludes halogenated alkanes) is 1. The van der Waals surface area contributed by atoms with Gasteiger partial charge in [-0.15, -0.1) is 0 Å². The van der Waals surface area contributed by atoms with Gasteiger partial charge in [0.1, 0.15) is 18.0 Å². The Bertz CT molecular complexity index is 319. The van der Waals surface area contributed by atoms with Gasteiger partial charge in [0.15, 0.2) is 0 Å². The van der Waals surface area contributed by atoms with Crippen molar-refractivity contribution in [2.75, 3.05) is 12.3 Å². The molecule has 0 bridgehead atoms. The van der Waals surface area contributed by atoms with Crippen LogP contribution in [0.15, 0.2) is 24.3 Å². The van der Waals surface area contributed by atoms with Gasteiger partial charge in [0.25, 0.3) is 0 Å². The van der Waals surface area contributed by atoms with E-state index in [1.165, 1.54) is 12.8 Å². The molecule has 0 aliphatic carbocycles. The molecular formula is C13H19NO2. The van der Waals surface area contributed by atoms with E-state index in [0.717, 1.165) is 24.5 Å². The first-order chi connectivity index (χ1) is 7.79. The van der Waals surface area contributed by atoms with Crippen molar-refractivity contribution in [3.05, 3.63) is 24.3 Å². The van der Waals surface area contributed by atoms with Crippen LogP contribution in [0.4, 0.5) is 5.69 Å². The van der Waals surface area contributed by atoms with Crippen LogP contribution in [0.5, 0.6) is 5.75 Å². The molecule has 2 atom stereocenters. The molecule has 1 aromatic rings. The molecule has 1 aromatic carbocycles. The molecular weight excluding hydrogens is 202 g/mol. The van der Waals surface area contributed by atoms with Crippen LogP contribution in [0.3, 0.4) is 0 Å². The molecule has 0 saturated carbocycles. The minimum Gasteiger partial charge on any atom is -0.488 e. The molecule has 16 heavy (non-hydrogen) atoms. The summed E-state index contributed by atoms with van der Waals surface area (Å²) >= 11 is 0. The summed E-state index contributed by atoms with van der Waals surface area (Å²) in [6, 6.07) is 7.55. The first-order valence-electron chi connectivity index (χ1n) is 5.93. The van der Waals surface area contributed by atoms with E-state index in [0.29, 0.717) is 6.10 Å². The molecule has 1 fully saturated rings. The molecule has 0 radical (unpaired) electrons. The lowest BCUT2D eigenvalue weighted by molar-refractivity contribution is 0.147. The van der Waals surface area contributed by atoms with Gasteiger partial charge >= 0.3 is 0 Å². The van der Waals surface area contributed by atoms with Crippen molar-refractivity contribution >= 4 is 5.69 Å². The first kappa shape index (κ1) is 11.3. The number of hydrogen-bond donors (Lipinski definition) is 1. The minimum atomic E-state index is 0.198. The summed E-state index contributed by atoms with van der Waals surface area (Å²) < 4.78 is 11.2. The molecule has 0 amide bonds. The second-order valence-corrected chi connectivity index (χ2v) is 4.24. The Balaban J connectivity index is 1.91.